The van der Waals surface area contributed by atoms with Crippen molar-refractivity contribution in [1.82, 2.24) is 4.98 Å². The van der Waals surface area contributed by atoms with Crippen molar-refractivity contribution in [1.29, 1.82) is 0 Å². The molecule has 1 aromatic carbocycles. The third kappa shape index (κ3) is 2.88. The van der Waals surface area contributed by atoms with Gasteiger partial charge >= 0.3 is 5.97 Å². The summed E-state index contributed by atoms with van der Waals surface area (Å²) in [5.74, 6) is -0.177. The number of benzene rings is 1. The lowest BCUT2D eigenvalue weighted by Crippen LogP contribution is -2.17. The first-order chi connectivity index (χ1) is 12.7. The molecule has 1 N–H and O–H groups in total. The molecule has 0 spiro atoms. The lowest BCUT2D eigenvalue weighted by Gasteiger charge is -2.21. The number of carbonyl (C=O) groups is 2. The summed E-state index contributed by atoms with van der Waals surface area (Å²) >= 11 is 1.67. The number of ketones is 1. The van der Waals surface area contributed by atoms with Gasteiger partial charge in [0.15, 0.2) is 5.78 Å². The van der Waals surface area contributed by atoms with Gasteiger partial charge in [-0.15, -0.1) is 11.3 Å². The molecule has 0 aliphatic heterocycles. The van der Waals surface area contributed by atoms with Crippen LogP contribution in [-0.2, 0) is 11.2 Å². The van der Waals surface area contributed by atoms with Gasteiger partial charge in [0.05, 0.1) is 6.61 Å². The van der Waals surface area contributed by atoms with E-state index in [1.165, 1.54) is 4.88 Å². The summed E-state index contributed by atoms with van der Waals surface area (Å²) in [5, 5.41) is 2.03. The van der Waals surface area contributed by atoms with Gasteiger partial charge in [0, 0.05) is 34.0 Å². The third-order valence-corrected chi connectivity index (χ3v) is 5.76. The monoisotopic (exact) mass is 365 g/mol. The lowest BCUT2D eigenvalue weighted by atomic mass is 9.83. The van der Waals surface area contributed by atoms with Crippen LogP contribution in [0.2, 0.25) is 0 Å². The molecule has 0 radical (unpaired) electrons. The van der Waals surface area contributed by atoms with Crippen LogP contribution in [0.15, 0.2) is 47.8 Å². The van der Waals surface area contributed by atoms with Crippen molar-refractivity contribution in [2.24, 2.45) is 0 Å². The maximum absolute atomic E-state index is 13.0. The number of H-pyrrole nitrogens is 1. The van der Waals surface area contributed by atoms with Crippen LogP contribution < -0.4 is 0 Å². The SMILES string of the molecule is CCOC(=O)c1[nH]c2c(c1-c1ccccc1)C(=O)C[C@H](c1cccs1)C2. The highest BCUT2D eigenvalue weighted by atomic mass is 32.1. The molecule has 0 saturated heterocycles. The predicted octanol–water partition coefficient (Wildman–Crippen LogP) is 4.83. The molecular weight excluding hydrogens is 346 g/mol. The van der Waals surface area contributed by atoms with Crippen LogP contribution in [0.1, 0.15) is 50.7 Å². The molecule has 1 atom stereocenters. The van der Waals surface area contributed by atoms with Crippen LogP contribution in [0, 0.1) is 0 Å². The fourth-order valence-corrected chi connectivity index (χ4v) is 4.46. The van der Waals surface area contributed by atoms with Crippen molar-refractivity contribution in [2.45, 2.75) is 25.7 Å². The first-order valence-corrected chi connectivity index (χ1v) is 9.61. The lowest BCUT2D eigenvalue weighted by molar-refractivity contribution is 0.0521. The minimum atomic E-state index is -0.416. The number of nitrogens with one attached hydrogen (secondary N) is 1. The summed E-state index contributed by atoms with van der Waals surface area (Å²) in [5.41, 5.74) is 3.39. The van der Waals surface area contributed by atoms with Crippen LogP contribution in [0.3, 0.4) is 0 Å². The molecule has 0 bridgehead atoms. The Morgan fingerprint density at radius 1 is 1.15 bits per heavy atom. The predicted molar refractivity (Wildman–Crippen MR) is 102 cm³/mol. The van der Waals surface area contributed by atoms with E-state index in [0.29, 0.717) is 29.8 Å². The average Bonchev–Trinajstić information content (AvgIpc) is 3.30. The number of rotatable bonds is 4. The Morgan fingerprint density at radius 2 is 1.96 bits per heavy atom. The highest BCUT2D eigenvalue weighted by Gasteiger charge is 2.34. The average molecular weight is 365 g/mol. The number of esters is 1. The maximum Gasteiger partial charge on any atom is 0.355 e. The summed E-state index contributed by atoms with van der Waals surface area (Å²) in [6.45, 7) is 2.07. The normalized spacial score (nSPS) is 16.3. The number of fused-ring (bicyclic) bond motifs is 1. The number of aromatic amines is 1. The molecule has 0 unspecified atom stereocenters. The molecule has 0 amide bonds. The molecule has 0 fully saturated rings. The first kappa shape index (κ1) is 16.8. The number of thiophene rings is 1. The van der Waals surface area contributed by atoms with Crippen LogP contribution in [0.25, 0.3) is 11.1 Å². The molecule has 3 aromatic rings. The Bertz CT molecular complexity index is 941. The summed E-state index contributed by atoms with van der Waals surface area (Å²) in [4.78, 5) is 29.9. The molecule has 5 heteroatoms. The Balaban J connectivity index is 1.84. The van der Waals surface area contributed by atoms with E-state index >= 15 is 0 Å². The van der Waals surface area contributed by atoms with Crippen molar-refractivity contribution < 1.29 is 14.3 Å². The van der Waals surface area contributed by atoms with Crippen molar-refractivity contribution in [3.05, 3.63) is 69.7 Å². The highest BCUT2D eigenvalue weighted by Crippen LogP contribution is 2.40. The number of ether oxygens (including phenoxy) is 1. The summed E-state index contributed by atoms with van der Waals surface area (Å²) in [6, 6.07) is 13.7. The highest BCUT2D eigenvalue weighted by molar-refractivity contribution is 7.10. The first-order valence-electron chi connectivity index (χ1n) is 8.73. The molecule has 2 aromatic heterocycles. The maximum atomic E-state index is 13.0. The van der Waals surface area contributed by atoms with Crippen molar-refractivity contribution in [3.8, 4) is 11.1 Å². The second-order valence-corrected chi connectivity index (χ2v) is 7.34. The smallest absolute Gasteiger partial charge is 0.355 e. The van der Waals surface area contributed by atoms with Gasteiger partial charge in [-0.3, -0.25) is 4.79 Å². The fourth-order valence-electron chi connectivity index (χ4n) is 3.63. The molecular formula is C21H19NO3S. The van der Waals surface area contributed by atoms with Gasteiger partial charge in [-0.25, -0.2) is 4.79 Å². The molecule has 26 heavy (non-hydrogen) atoms. The second kappa shape index (κ2) is 6.92. The van der Waals surface area contributed by atoms with Crippen molar-refractivity contribution in [2.75, 3.05) is 6.61 Å². The Morgan fingerprint density at radius 3 is 2.65 bits per heavy atom. The Labute approximate surface area is 155 Å². The van der Waals surface area contributed by atoms with Crippen molar-refractivity contribution >= 4 is 23.1 Å². The largest absolute Gasteiger partial charge is 0.461 e. The van der Waals surface area contributed by atoms with Gasteiger partial charge in [-0.1, -0.05) is 36.4 Å². The van der Waals surface area contributed by atoms with Gasteiger partial charge < -0.3 is 9.72 Å². The molecule has 4 rings (SSSR count). The van der Waals surface area contributed by atoms with Gasteiger partial charge in [0.2, 0.25) is 0 Å². The number of carbonyl (C=O) groups excluding carboxylic acids is 2. The van der Waals surface area contributed by atoms with E-state index < -0.39 is 5.97 Å². The summed E-state index contributed by atoms with van der Waals surface area (Å²) in [7, 11) is 0. The van der Waals surface area contributed by atoms with Gasteiger partial charge in [0.25, 0.3) is 0 Å². The number of hydrogen-bond donors (Lipinski definition) is 1. The van der Waals surface area contributed by atoms with Crippen LogP contribution >= 0.6 is 11.3 Å². The van der Waals surface area contributed by atoms with E-state index in [2.05, 4.69) is 11.1 Å². The van der Waals surface area contributed by atoms with Gasteiger partial charge in [0.1, 0.15) is 5.69 Å². The zero-order valence-electron chi connectivity index (χ0n) is 14.5. The molecule has 1 aliphatic carbocycles. The molecule has 132 valence electrons. The number of hydrogen-bond acceptors (Lipinski definition) is 4. The van der Waals surface area contributed by atoms with E-state index in [1.54, 1.807) is 18.3 Å². The Hall–Kier alpha value is -2.66. The van der Waals surface area contributed by atoms with Crippen LogP contribution in [-0.4, -0.2) is 23.3 Å². The van der Waals surface area contributed by atoms with E-state index in [4.69, 9.17) is 4.74 Å². The fraction of sp³-hybridized carbons (Fsp3) is 0.238. The summed E-state index contributed by atoms with van der Waals surface area (Å²) in [6.07, 6.45) is 1.19. The van der Waals surface area contributed by atoms with Gasteiger partial charge in [-0.2, -0.15) is 0 Å². The van der Waals surface area contributed by atoms with E-state index in [9.17, 15) is 9.59 Å². The van der Waals surface area contributed by atoms with Crippen LogP contribution in [0.5, 0.6) is 0 Å². The van der Waals surface area contributed by atoms with Gasteiger partial charge in [-0.05, 0) is 30.4 Å². The second-order valence-electron chi connectivity index (χ2n) is 6.36. The Kier molecular flexibility index (Phi) is 4.47. The van der Waals surface area contributed by atoms with E-state index in [-0.39, 0.29) is 11.7 Å². The zero-order valence-corrected chi connectivity index (χ0v) is 15.3. The molecule has 0 saturated carbocycles. The topological polar surface area (TPSA) is 59.2 Å². The molecule has 1 aliphatic rings. The van der Waals surface area contributed by atoms with Crippen LogP contribution in [0.4, 0.5) is 0 Å². The van der Waals surface area contributed by atoms with E-state index in [0.717, 1.165) is 17.7 Å². The minimum Gasteiger partial charge on any atom is -0.461 e. The zero-order chi connectivity index (χ0) is 18.1. The molecule has 2 heterocycles. The van der Waals surface area contributed by atoms with E-state index in [1.807, 2.05) is 41.8 Å². The third-order valence-electron chi connectivity index (χ3n) is 4.73. The summed E-state index contributed by atoms with van der Waals surface area (Å²) < 4.78 is 5.22. The quantitative estimate of drug-likeness (QED) is 0.674. The van der Waals surface area contributed by atoms with Crippen molar-refractivity contribution in [3.63, 3.8) is 0 Å². The number of aromatic nitrogens is 1. The number of Topliss-reactive ketones (excluding diaryl/α,β-unsaturated/α-hetero) is 1. The standard InChI is InChI=1S/C21H19NO3S/c1-2-25-21(24)20-18(13-7-4-3-5-8-13)19-15(22-20)11-14(12-16(19)23)17-9-6-10-26-17/h3-10,14,22H,2,11-12H2,1H3/t14-/m1/s1. The molecule has 4 nitrogen and oxygen atoms in total. The minimum absolute atomic E-state index is 0.0790.